The molecule has 2 rings (SSSR count). The second-order valence-electron chi connectivity index (χ2n) is 5.80. The number of hydrogen-bond donors (Lipinski definition) is 1. The van der Waals surface area contributed by atoms with Crippen LogP contribution in [0.5, 0.6) is 0 Å². The van der Waals surface area contributed by atoms with Crippen LogP contribution in [0.4, 0.5) is 5.69 Å². The molecule has 0 saturated carbocycles. The summed E-state index contributed by atoms with van der Waals surface area (Å²) in [4.78, 5) is 16.4. The van der Waals surface area contributed by atoms with Crippen LogP contribution in [0.25, 0.3) is 0 Å². The number of anilines is 1. The van der Waals surface area contributed by atoms with E-state index in [1.807, 2.05) is 73.6 Å². The quantitative estimate of drug-likeness (QED) is 0.892. The molecule has 0 aromatic heterocycles. The minimum Gasteiger partial charge on any atom is -0.396 e. The van der Waals surface area contributed by atoms with Crippen LogP contribution in [-0.2, 0) is 0 Å². The third-order valence-electron chi connectivity index (χ3n) is 4.01. The highest BCUT2D eigenvalue weighted by molar-refractivity contribution is 5.94. The van der Waals surface area contributed by atoms with Crippen LogP contribution in [0.3, 0.4) is 0 Å². The molecule has 1 unspecified atom stereocenters. The molecule has 1 N–H and O–H groups in total. The van der Waals surface area contributed by atoms with Crippen molar-refractivity contribution in [3.05, 3.63) is 65.7 Å². The van der Waals surface area contributed by atoms with Crippen molar-refractivity contribution in [1.82, 2.24) is 4.90 Å². The summed E-state index contributed by atoms with van der Waals surface area (Å²) in [6, 6.07) is 17.2. The molecular weight excluding hydrogens is 288 g/mol. The van der Waals surface area contributed by atoms with Crippen molar-refractivity contribution in [3.63, 3.8) is 0 Å². The first-order chi connectivity index (χ1) is 11.0. The lowest BCUT2D eigenvalue weighted by molar-refractivity contribution is 0.0705. The fourth-order valence-corrected chi connectivity index (χ4v) is 2.63. The Balaban J connectivity index is 2.22. The van der Waals surface area contributed by atoms with E-state index in [9.17, 15) is 9.90 Å². The molecule has 1 amide bonds. The van der Waals surface area contributed by atoms with Gasteiger partial charge in [-0.25, -0.2) is 0 Å². The van der Waals surface area contributed by atoms with E-state index in [0.29, 0.717) is 12.0 Å². The SMILES string of the molecule is CN(C)c1ccc(C(=O)N(C)C(CCO)c2ccccc2)cc1. The Bertz CT molecular complexity index is 624. The maximum atomic E-state index is 12.7. The van der Waals surface area contributed by atoms with Gasteiger partial charge in [-0.1, -0.05) is 30.3 Å². The molecule has 0 bridgehead atoms. The van der Waals surface area contributed by atoms with Crippen molar-refractivity contribution in [3.8, 4) is 0 Å². The summed E-state index contributed by atoms with van der Waals surface area (Å²) in [7, 11) is 5.72. The number of amides is 1. The lowest BCUT2D eigenvalue weighted by Gasteiger charge is -2.28. The number of benzene rings is 2. The molecule has 122 valence electrons. The molecule has 0 radical (unpaired) electrons. The summed E-state index contributed by atoms with van der Waals surface area (Å²) in [5, 5.41) is 9.35. The Morgan fingerprint density at radius 2 is 1.61 bits per heavy atom. The molecule has 1 atom stereocenters. The number of rotatable bonds is 6. The van der Waals surface area contributed by atoms with Gasteiger partial charge in [0.1, 0.15) is 0 Å². The van der Waals surface area contributed by atoms with Gasteiger partial charge in [0, 0.05) is 39.0 Å². The molecule has 2 aromatic rings. The smallest absolute Gasteiger partial charge is 0.254 e. The van der Waals surface area contributed by atoms with Gasteiger partial charge in [0.15, 0.2) is 0 Å². The Morgan fingerprint density at radius 3 is 2.13 bits per heavy atom. The normalized spacial score (nSPS) is 11.8. The molecule has 0 aliphatic carbocycles. The van der Waals surface area contributed by atoms with E-state index in [4.69, 9.17) is 0 Å². The largest absolute Gasteiger partial charge is 0.396 e. The van der Waals surface area contributed by atoms with Crippen molar-refractivity contribution in [2.24, 2.45) is 0 Å². The molecule has 23 heavy (non-hydrogen) atoms. The van der Waals surface area contributed by atoms with E-state index >= 15 is 0 Å². The highest BCUT2D eigenvalue weighted by Gasteiger charge is 2.22. The molecule has 0 heterocycles. The zero-order valence-corrected chi connectivity index (χ0v) is 13.9. The molecule has 0 fully saturated rings. The summed E-state index contributed by atoms with van der Waals surface area (Å²) < 4.78 is 0. The van der Waals surface area contributed by atoms with Crippen molar-refractivity contribution in [1.29, 1.82) is 0 Å². The van der Waals surface area contributed by atoms with E-state index in [-0.39, 0.29) is 18.6 Å². The minimum atomic E-state index is -0.137. The van der Waals surface area contributed by atoms with E-state index < -0.39 is 0 Å². The average molecular weight is 312 g/mol. The zero-order chi connectivity index (χ0) is 16.8. The number of carbonyl (C=O) groups excluding carboxylic acids is 1. The second-order valence-corrected chi connectivity index (χ2v) is 5.80. The van der Waals surface area contributed by atoms with E-state index in [2.05, 4.69) is 0 Å². The van der Waals surface area contributed by atoms with E-state index in [1.165, 1.54) is 0 Å². The molecular formula is C19H24N2O2. The zero-order valence-electron chi connectivity index (χ0n) is 13.9. The highest BCUT2D eigenvalue weighted by Crippen LogP contribution is 2.25. The second kappa shape index (κ2) is 7.79. The maximum Gasteiger partial charge on any atom is 0.254 e. The predicted molar refractivity (Wildman–Crippen MR) is 93.7 cm³/mol. The third-order valence-corrected chi connectivity index (χ3v) is 4.01. The van der Waals surface area contributed by atoms with Crippen LogP contribution in [0.15, 0.2) is 54.6 Å². The fourth-order valence-electron chi connectivity index (χ4n) is 2.63. The van der Waals surface area contributed by atoms with Gasteiger partial charge in [-0.15, -0.1) is 0 Å². The summed E-state index contributed by atoms with van der Waals surface area (Å²) in [6.07, 6.45) is 0.516. The van der Waals surface area contributed by atoms with Gasteiger partial charge in [-0.3, -0.25) is 4.79 Å². The Morgan fingerprint density at radius 1 is 1.00 bits per heavy atom. The van der Waals surface area contributed by atoms with Crippen molar-refractivity contribution in [2.45, 2.75) is 12.5 Å². The maximum absolute atomic E-state index is 12.7. The number of aliphatic hydroxyl groups excluding tert-OH is 1. The number of aliphatic hydroxyl groups is 1. The van der Waals surface area contributed by atoms with Crippen LogP contribution in [0.1, 0.15) is 28.4 Å². The molecule has 4 nitrogen and oxygen atoms in total. The van der Waals surface area contributed by atoms with E-state index in [0.717, 1.165) is 11.3 Å². The van der Waals surface area contributed by atoms with Gasteiger partial charge < -0.3 is 14.9 Å². The van der Waals surface area contributed by atoms with Gasteiger partial charge in [0.2, 0.25) is 0 Å². The molecule has 0 saturated heterocycles. The summed E-state index contributed by atoms with van der Waals surface area (Å²) in [5.74, 6) is -0.0439. The summed E-state index contributed by atoms with van der Waals surface area (Å²) >= 11 is 0. The van der Waals surface area contributed by atoms with Crippen LogP contribution in [-0.4, -0.2) is 43.7 Å². The van der Waals surface area contributed by atoms with Gasteiger partial charge in [-0.05, 0) is 36.2 Å². The first kappa shape index (κ1) is 17.0. The number of carbonyl (C=O) groups is 1. The first-order valence-corrected chi connectivity index (χ1v) is 7.75. The van der Waals surface area contributed by atoms with Crippen LogP contribution < -0.4 is 4.90 Å². The van der Waals surface area contributed by atoms with E-state index in [1.54, 1.807) is 11.9 Å². The summed E-state index contributed by atoms with van der Waals surface area (Å²) in [6.45, 7) is 0.0384. The lowest BCUT2D eigenvalue weighted by atomic mass is 10.0. The van der Waals surface area contributed by atoms with Gasteiger partial charge in [0.25, 0.3) is 5.91 Å². The van der Waals surface area contributed by atoms with Crippen molar-refractivity contribution >= 4 is 11.6 Å². The van der Waals surface area contributed by atoms with Crippen LogP contribution in [0.2, 0.25) is 0 Å². The van der Waals surface area contributed by atoms with Crippen LogP contribution >= 0.6 is 0 Å². The predicted octanol–water partition coefficient (Wildman–Crippen LogP) is 2.95. The Kier molecular flexibility index (Phi) is 5.77. The van der Waals surface area contributed by atoms with Crippen LogP contribution in [0, 0.1) is 0 Å². The van der Waals surface area contributed by atoms with Crippen molar-refractivity contribution in [2.75, 3.05) is 32.6 Å². The third kappa shape index (κ3) is 4.11. The standard InChI is InChI=1S/C19H24N2O2/c1-20(2)17-11-9-16(10-12-17)19(23)21(3)18(13-14-22)15-7-5-4-6-8-15/h4-12,18,22H,13-14H2,1-3H3. The van der Waals surface area contributed by atoms with Gasteiger partial charge in [0.05, 0.1) is 6.04 Å². The highest BCUT2D eigenvalue weighted by atomic mass is 16.3. The molecule has 4 heteroatoms. The topological polar surface area (TPSA) is 43.8 Å². The van der Waals surface area contributed by atoms with Gasteiger partial charge in [-0.2, -0.15) is 0 Å². The number of hydrogen-bond acceptors (Lipinski definition) is 3. The number of nitrogens with zero attached hydrogens (tertiary/aromatic N) is 2. The monoisotopic (exact) mass is 312 g/mol. The first-order valence-electron chi connectivity index (χ1n) is 7.75. The van der Waals surface area contributed by atoms with Gasteiger partial charge >= 0.3 is 0 Å². The fraction of sp³-hybridized carbons (Fsp3) is 0.316. The minimum absolute atomic E-state index is 0.0384. The van der Waals surface area contributed by atoms with Crippen molar-refractivity contribution < 1.29 is 9.90 Å². The molecule has 2 aromatic carbocycles. The summed E-state index contributed by atoms with van der Waals surface area (Å²) in [5.41, 5.74) is 2.73. The molecule has 0 aliphatic rings. The lowest BCUT2D eigenvalue weighted by Crippen LogP contribution is -2.32. The molecule has 0 aliphatic heterocycles. The molecule has 0 spiro atoms. The Hall–Kier alpha value is -2.33. The average Bonchev–Trinajstić information content (AvgIpc) is 2.59. The Labute approximate surface area is 138 Å².